The van der Waals surface area contributed by atoms with Gasteiger partial charge in [0.05, 0.1) is 13.2 Å². The molecule has 1 aliphatic heterocycles. The molecule has 0 spiro atoms. The first-order chi connectivity index (χ1) is 7.70. The van der Waals surface area contributed by atoms with Gasteiger partial charge in [-0.15, -0.1) is 0 Å². The zero-order valence-electron chi connectivity index (χ0n) is 12.0. The average molecular weight is 241 g/mol. The van der Waals surface area contributed by atoms with E-state index in [1.165, 1.54) is 0 Å². The second-order valence-electron chi connectivity index (χ2n) is 7.07. The Kier molecular flexibility index (Phi) is 4.59. The van der Waals surface area contributed by atoms with Crippen LogP contribution in [0.5, 0.6) is 0 Å². The second-order valence-corrected chi connectivity index (χ2v) is 7.07. The highest BCUT2D eigenvalue weighted by molar-refractivity contribution is 5.76. The topological polar surface area (TPSA) is 29.5 Å². The Morgan fingerprint density at radius 1 is 1.12 bits per heavy atom. The maximum atomic E-state index is 12.2. The second kappa shape index (κ2) is 5.38. The van der Waals surface area contributed by atoms with Crippen molar-refractivity contribution >= 4 is 5.91 Å². The van der Waals surface area contributed by atoms with Crippen LogP contribution in [0, 0.1) is 10.8 Å². The van der Waals surface area contributed by atoms with Gasteiger partial charge in [0.1, 0.15) is 0 Å². The van der Waals surface area contributed by atoms with Crippen molar-refractivity contribution in [1.29, 1.82) is 0 Å². The van der Waals surface area contributed by atoms with Crippen molar-refractivity contribution in [2.45, 2.75) is 47.5 Å². The van der Waals surface area contributed by atoms with Gasteiger partial charge in [-0.05, 0) is 17.3 Å². The molecule has 0 radical (unpaired) electrons. The third-order valence-electron chi connectivity index (χ3n) is 3.00. The molecule has 0 aromatic rings. The number of ether oxygens (including phenoxy) is 1. The lowest BCUT2D eigenvalue weighted by Crippen LogP contribution is -2.42. The van der Waals surface area contributed by atoms with Gasteiger partial charge in [0, 0.05) is 19.5 Å². The first-order valence-electron chi connectivity index (χ1n) is 6.55. The Hall–Kier alpha value is -0.570. The lowest BCUT2D eigenvalue weighted by molar-refractivity contribution is -0.137. The molecule has 0 atom stereocenters. The Morgan fingerprint density at radius 3 is 2.12 bits per heavy atom. The summed E-state index contributed by atoms with van der Waals surface area (Å²) in [6, 6.07) is 0. The lowest BCUT2D eigenvalue weighted by Gasteiger charge is -2.35. The van der Waals surface area contributed by atoms with Crippen LogP contribution in [0.2, 0.25) is 0 Å². The van der Waals surface area contributed by atoms with E-state index in [4.69, 9.17) is 4.74 Å². The van der Waals surface area contributed by atoms with Gasteiger partial charge in [-0.25, -0.2) is 0 Å². The molecule has 1 fully saturated rings. The molecule has 100 valence electrons. The third kappa shape index (κ3) is 5.53. The fourth-order valence-corrected chi connectivity index (χ4v) is 2.83. The molecule has 1 saturated heterocycles. The summed E-state index contributed by atoms with van der Waals surface area (Å²) in [6.07, 6.45) is 1.71. The Bertz CT molecular complexity index is 260. The molecular formula is C14H27NO2. The van der Waals surface area contributed by atoms with E-state index in [0.29, 0.717) is 19.6 Å². The molecule has 0 aromatic heterocycles. The molecule has 3 heteroatoms. The van der Waals surface area contributed by atoms with E-state index in [1.54, 1.807) is 0 Å². The molecule has 1 amide bonds. The average Bonchev–Trinajstić information content (AvgIpc) is 2.14. The van der Waals surface area contributed by atoms with Crippen molar-refractivity contribution in [2.24, 2.45) is 10.8 Å². The maximum Gasteiger partial charge on any atom is 0.223 e. The number of morpholine rings is 1. The number of amides is 1. The van der Waals surface area contributed by atoms with E-state index in [9.17, 15) is 4.79 Å². The molecule has 17 heavy (non-hydrogen) atoms. The fraction of sp³-hybridized carbons (Fsp3) is 0.929. The highest BCUT2D eigenvalue weighted by Crippen LogP contribution is 2.36. The van der Waals surface area contributed by atoms with E-state index < -0.39 is 0 Å². The molecule has 1 aliphatic rings. The smallest absolute Gasteiger partial charge is 0.223 e. The zero-order valence-corrected chi connectivity index (χ0v) is 12.0. The van der Waals surface area contributed by atoms with Crippen molar-refractivity contribution in [3.8, 4) is 0 Å². The minimum Gasteiger partial charge on any atom is -0.378 e. The summed E-state index contributed by atoms with van der Waals surface area (Å²) in [7, 11) is 0. The van der Waals surface area contributed by atoms with E-state index in [1.807, 2.05) is 4.90 Å². The monoisotopic (exact) mass is 241 g/mol. The molecule has 0 aromatic carbocycles. The third-order valence-corrected chi connectivity index (χ3v) is 3.00. The molecular weight excluding hydrogens is 214 g/mol. The Balaban J connectivity index is 2.48. The van der Waals surface area contributed by atoms with Crippen molar-refractivity contribution in [1.82, 2.24) is 4.90 Å². The predicted octanol–water partition coefficient (Wildman–Crippen LogP) is 2.70. The van der Waals surface area contributed by atoms with Gasteiger partial charge in [-0.3, -0.25) is 4.79 Å². The standard InChI is InChI=1S/C14H27NO2/c1-13(2,3)11-14(4,5)10-12(16)15-6-8-17-9-7-15/h6-11H2,1-5H3. The first-order valence-corrected chi connectivity index (χ1v) is 6.55. The largest absolute Gasteiger partial charge is 0.378 e. The maximum absolute atomic E-state index is 12.2. The van der Waals surface area contributed by atoms with Crippen molar-refractivity contribution in [2.75, 3.05) is 26.3 Å². The highest BCUT2D eigenvalue weighted by Gasteiger charge is 2.30. The molecule has 1 heterocycles. The van der Waals surface area contributed by atoms with E-state index >= 15 is 0 Å². The summed E-state index contributed by atoms with van der Waals surface area (Å²) in [5.41, 5.74) is 0.350. The van der Waals surface area contributed by atoms with Crippen LogP contribution < -0.4 is 0 Å². The normalized spacial score (nSPS) is 18.3. The summed E-state index contributed by atoms with van der Waals surface area (Å²) in [5, 5.41) is 0. The van der Waals surface area contributed by atoms with Gasteiger partial charge in [0.15, 0.2) is 0 Å². The van der Waals surface area contributed by atoms with E-state index in [2.05, 4.69) is 34.6 Å². The molecule has 0 saturated carbocycles. The fourth-order valence-electron chi connectivity index (χ4n) is 2.83. The summed E-state index contributed by atoms with van der Waals surface area (Å²) in [6.45, 7) is 14.0. The van der Waals surface area contributed by atoms with Crippen LogP contribution in [0.4, 0.5) is 0 Å². The quantitative estimate of drug-likeness (QED) is 0.760. The molecule has 0 N–H and O–H groups in total. The molecule has 1 rings (SSSR count). The SMILES string of the molecule is CC(C)(C)CC(C)(C)CC(=O)N1CCOCC1. The summed E-state index contributed by atoms with van der Waals surface area (Å²) in [5.74, 6) is 0.280. The summed E-state index contributed by atoms with van der Waals surface area (Å²) in [4.78, 5) is 14.1. The van der Waals surface area contributed by atoms with Crippen LogP contribution in [0.1, 0.15) is 47.5 Å². The van der Waals surface area contributed by atoms with Gasteiger partial charge >= 0.3 is 0 Å². The summed E-state index contributed by atoms with van der Waals surface area (Å²) < 4.78 is 5.27. The molecule has 3 nitrogen and oxygen atoms in total. The number of hydrogen-bond acceptors (Lipinski definition) is 2. The Morgan fingerprint density at radius 2 is 1.65 bits per heavy atom. The lowest BCUT2D eigenvalue weighted by atomic mass is 9.74. The number of nitrogens with zero attached hydrogens (tertiary/aromatic N) is 1. The van der Waals surface area contributed by atoms with Gasteiger partial charge in [0.2, 0.25) is 5.91 Å². The Labute approximate surface area is 106 Å². The molecule has 0 unspecified atom stereocenters. The van der Waals surface area contributed by atoms with Crippen LogP contribution in [-0.2, 0) is 9.53 Å². The number of carbonyl (C=O) groups is 1. The predicted molar refractivity (Wildman–Crippen MR) is 69.9 cm³/mol. The minimum atomic E-state index is 0.0770. The van der Waals surface area contributed by atoms with Gasteiger partial charge in [0.25, 0.3) is 0 Å². The zero-order chi connectivity index (χ0) is 13.1. The van der Waals surface area contributed by atoms with Crippen LogP contribution in [0.3, 0.4) is 0 Å². The number of hydrogen-bond donors (Lipinski definition) is 0. The van der Waals surface area contributed by atoms with Gasteiger partial charge in [-0.2, -0.15) is 0 Å². The van der Waals surface area contributed by atoms with Crippen LogP contribution in [0.25, 0.3) is 0 Å². The first kappa shape index (κ1) is 14.5. The van der Waals surface area contributed by atoms with Crippen LogP contribution in [0.15, 0.2) is 0 Å². The van der Waals surface area contributed by atoms with Crippen molar-refractivity contribution in [3.63, 3.8) is 0 Å². The molecule has 0 bridgehead atoms. The van der Waals surface area contributed by atoms with Crippen LogP contribution in [-0.4, -0.2) is 37.1 Å². The van der Waals surface area contributed by atoms with Crippen molar-refractivity contribution in [3.05, 3.63) is 0 Å². The number of carbonyl (C=O) groups excluding carboxylic acids is 1. The van der Waals surface area contributed by atoms with Gasteiger partial charge in [-0.1, -0.05) is 34.6 Å². The van der Waals surface area contributed by atoms with E-state index in [0.717, 1.165) is 19.5 Å². The molecule has 0 aliphatic carbocycles. The summed E-state index contributed by atoms with van der Waals surface area (Å²) >= 11 is 0. The highest BCUT2D eigenvalue weighted by atomic mass is 16.5. The van der Waals surface area contributed by atoms with Gasteiger partial charge < -0.3 is 9.64 Å². The van der Waals surface area contributed by atoms with E-state index in [-0.39, 0.29) is 16.7 Å². The van der Waals surface area contributed by atoms with Crippen LogP contribution >= 0.6 is 0 Å². The number of rotatable bonds is 3. The minimum absolute atomic E-state index is 0.0770. The van der Waals surface area contributed by atoms with Crippen molar-refractivity contribution < 1.29 is 9.53 Å².